The summed E-state index contributed by atoms with van der Waals surface area (Å²) >= 11 is 0. The number of ether oxygens (including phenoxy) is 1. The van der Waals surface area contributed by atoms with Crippen LogP contribution in [-0.4, -0.2) is 18.4 Å². The Hall–Kier alpha value is -3.03. The lowest BCUT2D eigenvalue weighted by Crippen LogP contribution is -2.43. The summed E-state index contributed by atoms with van der Waals surface area (Å²) in [4.78, 5) is 23.1. The van der Waals surface area contributed by atoms with Crippen LogP contribution in [0.25, 0.3) is 0 Å². The Morgan fingerprint density at radius 1 is 0.913 bits per heavy atom. The number of hydrazine groups is 1. The molecular formula is C15H11F3N2O3. The summed E-state index contributed by atoms with van der Waals surface area (Å²) in [6.45, 7) is -0.427. The number of benzene rings is 2. The first kappa shape index (κ1) is 16.3. The van der Waals surface area contributed by atoms with Crippen LogP contribution in [0.2, 0.25) is 0 Å². The van der Waals surface area contributed by atoms with E-state index in [0.717, 1.165) is 24.3 Å². The second kappa shape index (κ2) is 7.30. The summed E-state index contributed by atoms with van der Waals surface area (Å²) in [5.41, 5.74) is 3.90. The van der Waals surface area contributed by atoms with Crippen LogP contribution in [0.5, 0.6) is 5.75 Å². The predicted octanol–water partition coefficient (Wildman–Crippen LogP) is 1.94. The van der Waals surface area contributed by atoms with E-state index in [4.69, 9.17) is 4.74 Å². The Morgan fingerprint density at radius 3 is 2.26 bits per heavy atom. The Bertz CT molecular complexity index is 720. The number of carbonyl (C=O) groups is 2. The molecule has 0 aliphatic rings. The topological polar surface area (TPSA) is 67.4 Å². The van der Waals surface area contributed by atoms with E-state index in [-0.39, 0.29) is 11.3 Å². The maximum atomic E-state index is 13.0. The minimum atomic E-state index is -1.18. The van der Waals surface area contributed by atoms with Gasteiger partial charge in [-0.3, -0.25) is 20.4 Å². The fraction of sp³-hybridized carbons (Fsp3) is 0.0667. The molecule has 0 radical (unpaired) electrons. The number of amides is 2. The Labute approximate surface area is 129 Å². The van der Waals surface area contributed by atoms with Crippen molar-refractivity contribution in [3.63, 3.8) is 0 Å². The van der Waals surface area contributed by atoms with E-state index in [1.54, 1.807) is 0 Å². The maximum Gasteiger partial charge on any atom is 0.276 e. The third kappa shape index (κ3) is 4.73. The average molecular weight is 324 g/mol. The van der Waals surface area contributed by atoms with E-state index in [1.807, 2.05) is 10.9 Å². The molecule has 0 saturated heterocycles. The van der Waals surface area contributed by atoms with Crippen LogP contribution >= 0.6 is 0 Å². The van der Waals surface area contributed by atoms with Gasteiger partial charge in [0.25, 0.3) is 11.8 Å². The summed E-state index contributed by atoms with van der Waals surface area (Å²) < 4.78 is 43.5. The third-order valence-electron chi connectivity index (χ3n) is 2.68. The normalized spacial score (nSPS) is 10.0. The van der Waals surface area contributed by atoms with Crippen LogP contribution < -0.4 is 15.6 Å². The molecule has 0 heterocycles. The van der Waals surface area contributed by atoms with Crippen LogP contribution in [0.3, 0.4) is 0 Å². The average Bonchev–Trinajstić information content (AvgIpc) is 2.54. The zero-order valence-electron chi connectivity index (χ0n) is 11.6. The van der Waals surface area contributed by atoms with Gasteiger partial charge in [-0.25, -0.2) is 13.2 Å². The first-order valence-electron chi connectivity index (χ1n) is 6.38. The molecule has 0 fully saturated rings. The van der Waals surface area contributed by atoms with Gasteiger partial charge < -0.3 is 4.74 Å². The van der Waals surface area contributed by atoms with Crippen LogP contribution in [-0.2, 0) is 4.79 Å². The zero-order chi connectivity index (χ0) is 16.8. The van der Waals surface area contributed by atoms with Gasteiger partial charge in [-0.2, -0.15) is 0 Å². The first-order chi connectivity index (χ1) is 11.0. The minimum absolute atomic E-state index is 0.163. The molecule has 0 spiro atoms. The van der Waals surface area contributed by atoms with Crippen molar-refractivity contribution in [2.45, 2.75) is 0 Å². The standard InChI is InChI=1S/C15H11F3N2O3/c16-10-2-4-11(5-3-10)23-8-14(21)19-20-15(22)9-1-6-12(17)13(18)7-9/h1-7H,8H2,(H,19,21)(H,20,22). The van der Waals surface area contributed by atoms with Crippen molar-refractivity contribution in [2.75, 3.05) is 6.61 Å². The van der Waals surface area contributed by atoms with Gasteiger partial charge >= 0.3 is 0 Å². The van der Waals surface area contributed by atoms with Crippen LogP contribution in [0.1, 0.15) is 10.4 Å². The second-order valence-electron chi connectivity index (χ2n) is 4.37. The van der Waals surface area contributed by atoms with Crippen molar-refractivity contribution in [3.05, 3.63) is 65.5 Å². The highest BCUT2D eigenvalue weighted by molar-refractivity contribution is 5.95. The smallest absolute Gasteiger partial charge is 0.276 e. The molecule has 0 aliphatic carbocycles. The lowest BCUT2D eigenvalue weighted by Gasteiger charge is -2.09. The van der Waals surface area contributed by atoms with E-state index in [2.05, 4.69) is 0 Å². The van der Waals surface area contributed by atoms with Gasteiger partial charge in [0.2, 0.25) is 0 Å². The van der Waals surface area contributed by atoms with E-state index in [0.29, 0.717) is 6.07 Å². The van der Waals surface area contributed by atoms with Gasteiger partial charge in [0.05, 0.1) is 0 Å². The number of nitrogens with one attached hydrogen (secondary N) is 2. The third-order valence-corrected chi connectivity index (χ3v) is 2.68. The lowest BCUT2D eigenvalue weighted by atomic mass is 10.2. The summed E-state index contributed by atoms with van der Waals surface area (Å²) in [6.07, 6.45) is 0. The van der Waals surface area contributed by atoms with E-state index in [1.165, 1.54) is 12.1 Å². The molecular weight excluding hydrogens is 313 g/mol. The van der Waals surface area contributed by atoms with Crippen LogP contribution in [0.15, 0.2) is 42.5 Å². The van der Waals surface area contributed by atoms with Gasteiger partial charge in [-0.05, 0) is 42.5 Å². The highest BCUT2D eigenvalue weighted by atomic mass is 19.2. The summed E-state index contributed by atoms with van der Waals surface area (Å²) in [5.74, 6) is -3.94. The second-order valence-corrected chi connectivity index (χ2v) is 4.37. The summed E-state index contributed by atoms with van der Waals surface area (Å²) in [5, 5.41) is 0. The predicted molar refractivity (Wildman–Crippen MR) is 73.9 cm³/mol. The quantitative estimate of drug-likeness (QED) is 0.845. The molecule has 8 heteroatoms. The number of hydrogen-bond donors (Lipinski definition) is 2. The van der Waals surface area contributed by atoms with Crippen molar-refractivity contribution in [1.82, 2.24) is 10.9 Å². The summed E-state index contributed by atoms with van der Waals surface area (Å²) in [6, 6.07) is 7.56. The monoisotopic (exact) mass is 324 g/mol. The molecule has 2 aromatic carbocycles. The molecule has 0 aliphatic heterocycles. The SMILES string of the molecule is O=C(COc1ccc(F)cc1)NNC(=O)c1ccc(F)c(F)c1. The van der Waals surface area contributed by atoms with Crippen LogP contribution in [0, 0.1) is 17.5 Å². The molecule has 2 aromatic rings. The van der Waals surface area contributed by atoms with Gasteiger partial charge in [0.15, 0.2) is 18.2 Å². The number of hydrogen-bond acceptors (Lipinski definition) is 3. The molecule has 0 atom stereocenters. The number of halogens is 3. The van der Waals surface area contributed by atoms with Gasteiger partial charge in [-0.1, -0.05) is 0 Å². The Morgan fingerprint density at radius 2 is 1.61 bits per heavy atom. The first-order valence-corrected chi connectivity index (χ1v) is 6.38. The molecule has 2 rings (SSSR count). The van der Waals surface area contributed by atoms with Gasteiger partial charge in [0, 0.05) is 5.56 Å². The van der Waals surface area contributed by atoms with Crippen molar-refractivity contribution < 1.29 is 27.5 Å². The molecule has 0 unspecified atom stereocenters. The Balaban J connectivity index is 1.80. The van der Waals surface area contributed by atoms with E-state index in [9.17, 15) is 22.8 Å². The number of carbonyl (C=O) groups excluding carboxylic acids is 2. The van der Waals surface area contributed by atoms with Crippen molar-refractivity contribution in [1.29, 1.82) is 0 Å². The van der Waals surface area contributed by atoms with Gasteiger partial charge in [0.1, 0.15) is 11.6 Å². The highest BCUT2D eigenvalue weighted by Crippen LogP contribution is 2.10. The van der Waals surface area contributed by atoms with Crippen molar-refractivity contribution >= 4 is 11.8 Å². The minimum Gasteiger partial charge on any atom is -0.484 e. The molecule has 120 valence electrons. The summed E-state index contributed by atoms with van der Waals surface area (Å²) in [7, 11) is 0. The van der Waals surface area contributed by atoms with Crippen molar-refractivity contribution in [2.24, 2.45) is 0 Å². The maximum absolute atomic E-state index is 13.0. The molecule has 0 saturated carbocycles. The van der Waals surface area contributed by atoms with E-state index < -0.39 is 35.9 Å². The largest absolute Gasteiger partial charge is 0.484 e. The Kier molecular flexibility index (Phi) is 5.19. The van der Waals surface area contributed by atoms with Gasteiger partial charge in [-0.15, -0.1) is 0 Å². The molecule has 0 bridgehead atoms. The van der Waals surface area contributed by atoms with Crippen molar-refractivity contribution in [3.8, 4) is 5.75 Å². The molecule has 0 aromatic heterocycles. The zero-order valence-corrected chi connectivity index (χ0v) is 11.6. The molecule has 5 nitrogen and oxygen atoms in total. The molecule has 2 N–H and O–H groups in total. The molecule has 23 heavy (non-hydrogen) atoms. The lowest BCUT2D eigenvalue weighted by molar-refractivity contribution is -0.123. The fourth-order valence-electron chi connectivity index (χ4n) is 1.55. The van der Waals surface area contributed by atoms with E-state index >= 15 is 0 Å². The molecule has 2 amide bonds. The number of rotatable bonds is 4. The fourth-order valence-corrected chi connectivity index (χ4v) is 1.55. The highest BCUT2D eigenvalue weighted by Gasteiger charge is 2.11. The van der Waals surface area contributed by atoms with Crippen LogP contribution in [0.4, 0.5) is 13.2 Å².